The Hall–Kier alpha value is -0.320. The Morgan fingerprint density at radius 2 is 1.00 bits per heavy atom. The zero-order valence-corrected chi connectivity index (χ0v) is 11.0. The van der Waals surface area contributed by atoms with Gasteiger partial charge in [0, 0.05) is 0 Å². The molecule has 19 heavy (non-hydrogen) atoms. The van der Waals surface area contributed by atoms with E-state index in [1.165, 1.54) is 0 Å². The summed E-state index contributed by atoms with van der Waals surface area (Å²) in [4.78, 5) is 0. The van der Waals surface area contributed by atoms with Gasteiger partial charge < -0.3 is 39.7 Å². The standard InChI is InChI=1S/C11H24O8/c1-8(12)2-17-3-9(13)4-18-5-10(14)6-19-7-11(15)16/h8-16H,2-7H2,1H3. The van der Waals surface area contributed by atoms with Gasteiger partial charge >= 0.3 is 0 Å². The monoisotopic (exact) mass is 284 g/mol. The minimum atomic E-state index is -1.57. The van der Waals surface area contributed by atoms with Crippen molar-refractivity contribution in [3.63, 3.8) is 0 Å². The van der Waals surface area contributed by atoms with Crippen LogP contribution in [0.1, 0.15) is 6.92 Å². The summed E-state index contributed by atoms with van der Waals surface area (Å²) in [5.41, 5.74) is 0. The maximum Gasteiger partial charge on any atom is 0.175 e. The van der Waals surface area contributed by atoms with E-state index in [1.54, 1.807) is 6.92 Å². The molecule has 8 heteroatoms. The third-order valence-electron chi connectivity index (χ3n) is 1.87. The first-order valence-corrected chi connectivity index (χ1v) is 6.05. The second-order valence-corrected chi connectivity index (χ2v) is 4.25. The first kappa shape index (κ1) is 18.7. The average molecular weight is 284 g/mol. The molecule has 3 unspecified atom stereocenters. The van der Waals surface area contributed by atoms with Crippen LogP contribution in [0.3, 0.4) is 0 Å². The van der Waals surface area contributed by atoms with Crippen LogP contribution in [-0.4, -0.2) is 89.8 Å². The van der Waals surface area contributed by atoms with Crippen LogP contribution in [0, 0.1) is 0 Å². The Kier molecular flexibility index (Phi) is 11.3. The fraction of sp³-hybridized carbons (Fsp3) is 1.00. The van der Waals surface area contributed by atoms with Gasteiger partial charge in [0.25, 0.3) is 0 Å². The lowest BCUT2D eigenvalue weighted by Gasteiger charge is -2.15. The number of ether oxygens (including phenoxy) is 3. The Morgan fingerprint density at radius 3 is 1.37 bits per heavy atom. The van der Waals surface area contributed by atoms with Gasteiger partial charge in [-0.1, -0.05) is 0 Å². The van der Waals surface area contributed by atoms with Crippen molar-refractivity contribution in [2.24, 2.45) is 0 Å². The predicted molar refractivity (Wildman–Crippen MR) is 64.4 cm³/mol. The van der Waals surface area contributed by atoms with Crippen molar-refractivity contribution in [1.82, 2.24) is 0 Å². The van der Waals surface area contributed by atoms with E-state index in [2.05, 4.69) is 0 Å². The Balaban J connectivity index is 3.40. The van der Waals surface area contributed by atoms with Gasteiger partial charge in [0.15, 0.2) is 6.29 Å². The highest BCUT2D eigenvalue weighted by Gasteiger charge is 2.09. The molecule has 0 aliphatic heterocycles. The van der Waals surface area contributed by atoms with E-state index in [9.17, 15) is 10.2 Å². The van der Waals surface area contributed by atoms with Gasteiger partial charge in [-0.25, -0.2) is 0 Å². The Bertz CT molecular complexity index is 179. The molecule has 3 atom stereocenters. The van der Waals surface area contributed by atoms with Crippen molar-refractivity contribution in [2.45, 2.75) is 31.5 Å². The summed E-state index contributed by atoms with van der Waals surface area (Å²) in [5.74, 6) is 0. The molecule has 0 saturated carbocycles. The summed E-state index contributed by atoms with van der Waals surface area (Å²) in [6.45, 7) is 1.31. The van der Waals surface area contributed by atoms with Crippen molar-refractivity contribution < 1.29 is 39.7 Å². The van der Waals surface area contributed by atoms with Crippen LogP contribution in [-0.2, 0) is 14.2 Å². The fourth-order valence-electron chi connectivity index (χ4n) is 1.12. The maximum atomic E-state index is 9.41. The highest BCUT2D eigenvalue weighted by molar-refractivity contribution is 4.56. The molecule has 0 bridgehead atoms. The summed E-state index contributed by atoms with van der Waals surface area (Å²) in [7, 11) is 0. The highest BCUT2D eigenvalue weighted by atomic mass is 16.6. The normalized spacial score (nSPS) is 16.6. The molecule has 5 N–H and O–H groups in total. The quantitative estimate of drug-likeness (QED) is 0.248. The number of aliphatic hydroxyl groups is 5. The van der Waals surface area contributed by atoms with Crippen LogP contribution in [0.2, 0.25) is 0 Å². The molecular formula is C11H24O8. The fourth-order valence-corrected chi connectivity index (χ4v) is 1.12. The highest BCUT2D eigenvalue weighted by Crippen LogP contribution is 1.93. The SMILES string of the molecule is CC(O)COCC(O)COCC(O)COCC(O)O. The molecule has 0 aromatic carbocycles. The van der Waals surface area contributed by atoms with Crippen molar-refractivity contribution in [3.8, 4) is 0 Å². The van der Waals surface area contributed by atoms with E-state index in [0.717, 1.165) is 0 Å². The van der Waals surface area contributed by atoms with Gasteiger partial charge in [0.05, 0.1) is 45.7 Å². The number of hydrogen-bond donors (Lipinski definition) is 5. The summed E-state index contributed by atoms with van der Waals surface area (Å²) in [6, 6.07) is 0. The lowest BCUT2D eigenvalue weighted by molar-refractivity contribution is -0.113. The van der Waals surface area contributed by atoms with Crippen LogP contribution in [0.15, 0.2) is 0 Å². The lowest BCUT2D eigenvalue weighted by Crippen LogP contribution is -2.29. The van der Waals surface area contributed by atoms with E-state index < -0.39 is 24.6 Å². The number of aliphatic hydroxyl groups excluding tert-OH is 4. The summed E-state index contributed by atoms with van der Waals surface area (Å²) in [5, 5.41) is 44.7. The van der Waals surface area contributed by atoms with Crippen molar-refractivity contribution in [3.05, 3.63) is 0 Å². The smallest absolute Gasteiger partial charge is 0.175 e. The third kappa shape index (κ3) is 13.9. The number of rotatable bonds is 12. The van der Waals surface area contributed by atoms with E-state index in [1.807, 2.05) is 0 Å². The van der Waals surface area contributed by atoms with E-state index in [4.69, 9.17) is 29.5 Å². The minimum Gasteiger partial charge on any atom is -0.391 e. The van der Waals surface area contributed by atoms with E-state index in [0.29, 0.717) is 0 Å². The van der Waals surface area contributed by atoms with Crippen LogP contribution < -0.4 is 0 Å². The molecule has 0 aromatic heterocycles. The van der Waals surface area contributed by atoms with E-state index in [-0.39, 0.29) is 39.6 Å². The lowest BCUT2D eigenvalue weighted by atomic mass is 10.4. The first-order valence-electron chi connectivity index (χ1n) is 6.05. The van der Waals surface area contributed by atoms with E-state index >= 15 is 0 Å². The van der Waals surface area contributed by atoms with Crippen LogP contribution in [0.25, 0.3) is 0 Å². The topological polar surface area (TPSA) is 129 Å². The molecule has 0 rings (SSSR count). The molecule has 8 nitrogen and oxygen atoms in total. The molecule has 0 fully saturated rings. The third-order valence-corrected chi connectivity index (χ3v) is 1.87. The molecule has 0 amide bonds. The zero-order chi connectivity index (χ0) is 14.7. The van der Waals surface area contributed by atoms with Gasteiger partial charge in [-0.2, -0.15) is 0 Å². The largest absolute Gasteiger partial charge is 0.391 e. The van der Waals surface area contributed by atoms with Crippen molar-refractivity contribution >= 4 is 0 Å². The second kappa shape index (κ2) is 11.5. The van der Waals surface area contributed by atoms with Gasteiger partial charge in [0.2, 0.25) is 0 Å². The summed E-state index contributed by atoms with van der Waals surface area (Å²) < 4.78 is 14.8. The maximum absolute atomic E-state index is 9.41. The number of hydrogen-bond acceptors (Lipinski definition) is 8. The molecule has 0 aromatic rings. The average Bonchev–Trinajstić information content (AvgIpc) is 2.27. The molecule has 0 radical (unpaired) electrons. The Labute approximate surface area is 112 Å². The van der Waals surface area contributed by atoms with Gasteiger partial charge in [-0.15, -0.1) is 0 Å². The summed E-state index contributed by atoms with van der Waals surface area (Å²) >= 11 is 0. The molecule has 0 heterocycles. The summed E-state index contributed by atoms with van der Waals surface area (Å²) in [6.07, 6.45) is -3.91. The molecular weight excluding hydrogens is 260 g/mol. The zero-order valence-electron chi connectivity index (χ0n) is 11.0. The molecule has 0 spiro atoms. The minimum absolute atomic E-state index is 0.0144. The Morgan fingerprint density at radius 1 is 0.632 bits per heavy atom. The van der Waals surface area contributed by atoms with Crippen LogP contribution in [0.5, 0.6) is 0 Å². The van der Waals surface area contributed by atoms with Crippen LogP contribution >= 0.6 is 0 Å². The second-order valence-electron chi connectivity index (χ2n) is 4.25. The molecule has 0 aliphatic carbocycles. The van der Waals surface area contributed by atoms with Gasteiger partial charge in [-0.3, -0.25) is 0 Å². The molecule has 0 aliphatic rings. The predicted octanol–water partition coefficient (Wildman–Crippen LogP) is -2.55. The van der Waals surface area contributed by atoms with Gasteiger partial charge in [0.1, 0.15) is 12.2 Å². The van der Waals surface area contributed by atoms with Gasteiger partial charge in [-0.05, 0) is 6.92 Å². The van der Waals surface area contributed by atoms with Crippen LogP contribution in [0.4, 0.5) is 0 Å². The van der Waals surface area contributed by atoms with Crippen molar-refractivity contribution in [1.29, 1.82) is 0 Å². The molecule has 116 valence electrons. The van der Waals surface area contributed by atoms with Crippen molar-refractivity contribution in [2.75, 3.05) is 39.6 Å². The molecule has 0 saturated heterocycles. The first-order chi connectivity index (χ1) is 8.91.